The highest BCUT2D eigenvalue weighted by Crippen LogP contribution is 2.50. The molecule has 2 nitrogen and oxygen atoms in total. The van der Waals surface area contributed by atoms with Gasteiger partial charge in [0.1, 0.15) is 0 Å². The molecule has 1 saturated carbocycles. The van der Waals surface area contributed by atoms with E-state index in [1.165, 1.54) is 7.11 Å². The predicted molar refractivity (Wildman–Crippen MR) is 64.8 cm³/mol. The number of hydrogen-bond donors (Lipinski definition) is 0. The lowest BCUT2D eigenvalue weighted by molar-refractivity contribution is -0.143. The van der Waals surface area contributed by atoms with Gasteiger partial charge in [0.15, 0.2) is 0 Å². The molecule has 80 valence electrons. The van der Waals surface area contributed by atoms with Crippen LogP contribution in [0, 0.1) is 0 Å². The van der Waals surface area contributed by atoms with Gasteiger partial charge in [-0.15, -0.1) is 0 Å². The zero-order valence-corrected chi connectivity index (χ0v) is 11.4. The summed E-state index contributed by atoms with van der Waals surface area (Å²) in [6.45, 7) is 0. The van der Waals surface area contributed by atoms with Gasteiger partial charge in [-0.05, 0) is 62.4 Å². The zero-order valence-electron chi connectivity index (χ0n) is 8.22. The Morgan fingerprint density at radius 3 is 2.47 bits per heavy atom. The lowest BCUT2D eigenvalue weighted by atomic mass is 9.96. The summed E-state index contributed by atoms with van der Waals surface area (Å²) >= 11 is 6.85. The highest BCUT2D eigenvalue weighted by molar-refractivity contribution is 9.13. The van der Waals surface area contributed by atoms with E-state index < -0.39 is 0 Å². The van der Waals surface area contributed by atoms with Crippen LogP contribution in [0.1, 0.15) is 18.4 Å². The van der Waals surface area contributed by atoms with Gasteiger partial charge in [0.25, 0.3) is 0 Å². The minimum Gasteiger partial charge on any atom is -0.468 e. The Kier molecular flexibility index (Phi) is 2.90. The van der Waals surface area contributed by atoms with Crippen LogP contribution in [0.15, 0.2) is 27.1 Å². The van der Waals surface area contributed by atoms with E-state index in [2.05, 4.69) is 31.9 Å². The molecule has 0 atom stereocenters. The van der Waals surface area contributed by atoms with Crippen LogP contribution >= 0.6 is 31.9 Å². The van der Waals surface area contributed by atoms with Crippen molar-refractivity contribution in [1.82, 2.24) is 0 Å². The van der Waals surface area contributed by atoms with Crippen LogP contribution < -0.4 is 0 Å². The molecule has 0 aromatic heterocycles. The van der Waals surface area contributed by atoms with Crippen LogP contribution in [0.2, 0.25) is 0 Å². The molecule has 0 unspecified atom stereocenters. The first-order valence-corrected chi connectivity index (χ1v) is 6.23. The summed E-state index contributed by atoms with van der Waals surface area (Å²) < 4.78 is 6.80. The molecule has 1 aliphatic rings. The van der Waals surface area contributed by atoms with Crippen molar-refractivity contribution in [2.75, 3.05) is 7.11 Å². The van der Waals surface area contributed by atoms with E-state index >= 15 is 0 Å². The maximum absolute atomic E-state index is 11.6. The molecule has 15 heavy (non-hydrogen) atoms. The lowest BCUT2D eigenvalue weighted by Crippen LogP contribution is -2.21. The average Bonchev–Trinajstić information content (AvgIpc) is 3.02. The van der Waals surface area contributed by atoms with Gasteiger partial charge in [-0.25, -0.2) is 0 Å². The number of rotatable bonds is 2. The Morgan fingerprint density at radius 1 is 1.33 bits per heavy atom. The average molecular weight is 334 g/mol. The van der Waals surface area contributed by atoms with Crippen LogP contribution in [0.4, 0.5) is 0 Å². The second-order valence-electron chi connectivity index (χ2n) is 3.70. The number of benzene rings is 1. The third kappa shape index (κ3) is 1.85. The third-order valence-corrected chi connectivity index (χ3v) is 4.68. The number of carbonyl (C=O) groups excluding carboxylic acids is 1. The Hall–Kier alpha value is -0.350. The first-order valence-electron chi connectivity index (χ1n) is 4.64. The summed E-state index contributed by atoms with van der Waals surface area (Å²) in [5.41, 5.74) is 0.655. The fraction of sp³-hybridized carbons (Fsp3) is 0.364. The molecule has 0 heterocycles. The fourth-order valence-corrected chi connectivity index (χ4v) is 2.35. The van der Waals surface area contributed by atoms with Crippen molar-refractivity contribution in [2.24, 2.45) is 0 Å². The summed E-state index contributed by atoms with van der Waals surface area (Å²) in [6, 6.07) is 5.90. The lowest BCUT2D eigenvalue weighted by Gasteiger charge is -2.13. The third-order valence-electron chi connectivity index (χ3n) is 2.80. The quantitative estimate of drug-likeness (QED) is 0.775. The minimum atomic E-state index is -0.377. The number of halogens is 2. The molecule has 0 amide bonds. The molecular weight excluding hydrogens is 324 g/mol. The largest absolute Gasteiger partial charge is 0.468 e. The SMILES string of the molecule is COC(=O)C1(c2ccc(Br)c(Br)c2)CC1. The molecule has 0 spiro atoms. The summed E-state index contributed by atoms with van der Waals surface area (Å²) in [7, 11) is 1.44. The van der Waals surface area contributed by atoms with Gasteiger partial charge in [0, 0.05) is 8.95 Å². The second-order valence-corrected chi connectivity index (χ2v) is 5.41. The van der Waals surface area contributed by atoms with E-state index in [1.807, 2.05) is 18.2 Å². The Balaban J connectivity index is 2.38. The number of esters is 1. The molecule has 4 heteroatoms. The van der Waals surface area contributed by atoms with Crippen LogP contribution in [-0.4, -0.2) is 13.1 Å². The molecular formula is C11H10Br2O2. The maximum atomic E-state index is 11.6. The van der Waals surface area contributed by atoms with Crippen molar-refractivity contribution in [2.45, 2.75) is 18.3 Å². The summed E-state index contributed by atoms with van der Waals surface area (Å²) in [4.78, 5) is 11.6. The van der Waals surface area contributed by atoms with Gasteiger partial charge in [-0.1, -0.05) is 6.07 Å². The number of methoxy groups -OCH3 is 1. The van der Waals surface area contributed by atoms with Crippen LogP contribution in [0.25, 0.3) is 0 Å². The Morgan fingerprint density at radius 2 is 2.00 bits per heavy atom. The van der Waals surface area contributed by atoms with Crippen molar-refractivity contribution in [1.29, 1.82) is 0 Å². The fourth-order valence-electron chi connectivity index (χ4n) is 1.72. The smallest absolute Gasteiger partial charge is 0.316 e. The van der Waals surface area contributed by atoms with Crippen molar-refractivity contribution >= 4 is 37.8 Å². The van der Waals surface area contributed by atoms with Gasteiger partial charge in [-0.2, -0.15) is 0 Å². The normalized spacial score (nSPS) is 17.3. The van der Waals surface area contributed by atoms with Crippen molar-refractivity contribution in [3.63, 3.8) is 0 Å². The highest BCUT2D eigenvalue weighted by atomic mass is 79.9. The molecule has 0 aliphatic heterocycles. The first-order chi connectivity index (χ1) is 7.10. The predicted octanol–water partition coefficient (Wildman–Crippen LogP) is 3.42. The molecule has 0 radical (unpaired) electrons. The molecule has 1 aromatic rings. The van der Waals surface area contributed by atoms with Gasteiger partial charge < -0.3 is 4.74 Å². The van der Waals surface area contributed by atoms with Crippen LogP contribution in [0.3, 0.4) is 0 Å². The van der Waals surface area contributed by atoms with E-state index in [1.54, 1.807) is 0 Å². The van der Waals surface area contributed by atoms with Crippen molar-refractivity contribution in [3.8, 4) is 0 Å². The molecule has 1 fully saturated rings. The minimum absolute atomic E-state index is 0.128. The summed E-state index contributed by atoms with van der Waals surface area (Å²) in [5, 5.41) is 0. The molecule has 1 aromatic carbocycles. The van der Waals surface area contributed by atoms with Gasteiger partial charge in [-0.3, -0.25) is 4.79 Å². The van der Waals surface area contributed by atoms with Crippen LogP contribution in [0.5, 0.6) is 0 Å². The standard InChI is InChI=1S/C11H10Br2O2/c1-15-10(14)11(4-5-11)7-2-3-8(12)9(13)6-7/h2-3,6H,4-5H2,1H3. The summed E-state index contributed by atoms with van der Waals surface area (Å²) in [5.74, 6) is -0.128. The van der Waals surface area contributed by atoms with Gasteiger partial charge in [0.2, 0.25) is 0 Å². The first kappa shape index (κ1) is 11.1. The van der Waals surface area contributed by atoms with Gasteiger partial charge >= 0.3 is 5.97 Å². The highest BCUT2D eigenvalue weighted by Gasteiger charge is 2.52. The van der Waals surface area contributed by atoms with Crippen LogP contribution in [-0.2, 0) is 14.9 Å². The number of hydrogen-bond acceptors (Lipinski definition) is 2. The monoisotopic (exact) mass is 332 g/mol. The Labute approximate surface area is 105 Å². The Bertz CT molecular complexity index is 411. The van der Waals surface area contributed by atoms with E-state index in [0.29, 0.717) is 0 Å². The molecule has 1 aliphatic carbocycles. The molecule has 2 rings (SSSR count). The topological polar surface area (TPSA) is 26.3 Å². The van der Waals surface area contributed by atoms with Gasteiger partial charge in [0.05, 0.1) is 12.5 Å². The molecule has 0 bridgehead atoms. The van der Waals surface area contributed by atoms with E-state index in [9.17, 15) is 4.79 Å². The summed E-state index contributed by atoms with van der Waals surface area (Å²) in [6.07, 6.45) is 1.77. The van der Waals surface area contributed by atoms with E-state index in [-0.39, 0.29) is 11.4 Å². The molecule has 0 N–H and O–H groups in total. The number of carbonyl (C=O) groups is 1. The van der Waals surface area contributed by atoms with Crippen molar-refractivity contribution < 1.29 is 9.53 Å². The molecule has 0 saturated heterocycles. The maximum Gasteiger partial charge on any atom is 0.316 e. The van der Waals surface area contributed by atoms with E-state index in [4.69, 9.17) is 4.74 Å². The second kappa shape index (κ2) is 3.91. The zero-order chi connectivity index (χ0) is 11.1. The van der Waals surface area contributed by atoms with Crippen molar-refractivity contribution in [3.05, 3.63) is 32.7 Å². The van der Waals surface area contributed by atoms with E-state index in [0.717, 1.165) is 27.4 Å². The number of ether oxygens (including phenoxy) is 1.